The largest absolute Gasteiger partial charge is 0.493 e. The Morgan fingerprint density at radius 1 is 1.13 bits per heavy atom. The monoisotopic (exact) mass is 423 g/mol. The topological polar surface area (TPSA) is 64.6 Å². The Labute approximate surface area is 146 Å². The van der Waals surface area contributed by atoms with Crippen molar-refractivity contribution in [3.63, 3.8) is 0 Å². The van der Waals surface area contributed by atoms with Crippen LogP contribution in [0.15, 0.2) is 39.7 Å². The molecule has 2 rings (SSSR count). The van der Waals surface area contributed by atoms with Crippen LogP contribution in [0.25, 0.3) is 0 Å². The summed E-state index contributed by atoms with van der Waals surface area (Å²) in [7, 11) is -1.24. The van der Waals surface area contributed by atoms with Crippen molar-refractivity contribution in [2.75, 3.05) is 18.9 Å². The Balaban J connectivity index is 2.47. The number of halogens is 3. The zero-order valence-electron chi connectivity index (χ0n) is 12.1. The summed E-state index contributed by atoms with van der Waals surface area (Å²) < 4.78 is 51.4. The highest BCUT2D eigenvalue weighted by molar-refractivity contribution is 9.10. The molecule has 9 heteroatoms. The molecule has 0 unspecified atom stereocenters. The molecule has 0 heterocycles. The van der Waals surface area contributed by atoms with Crippen molar-refractivity contribution in [3.05, 3.63) is 45.6 Å². The van der Waals surface area contributed by atoms with Crippen LogP contribution in [0, 0.1) is 5.82 Å². The molecule has 23 heavy (non-hydrogen) atoms. The van der Waals surface area contributed by atoms with Crippen LogP contribution in [0.4, 0.5) is 10.1 Å². The average molecular weight is 425 g/mol. The first-order valence-electron chi connectivity index (χ1n) is 6.18. The van der Waals surface area contributed by atoms with Gasteiger partial charge in [0.2, 0.25) is 0 Å². The zero-order valence-corrected chi connectivity index (χ0v) is 15.2. The van der Waals surface area contributed by atoms with Crippen LogP contribution in [0.3, 0.4) is 0 Å². The molecule has 2 aromatic rings. The van der Waals surface area contributed by atoms with Crippen molar-refractivity contribution >= 4 is 43.2 Å². The van der Waals surface area contributed by atoms with Crippen molar-refractivity contribution < 1.29 is 22.3 Å². The standard InChI is InChI=1S/C14H12BrClFNO4S/c1-21-12-6-9(15)14(7-13(12)22-2)23(19,20)18-11-4-3-8(16)5-10(11)17/h3-7,18H,1-2H3. The lowest BCUT2D eigenvalue weighted by molar-refractivity contribution is 0.353. The van der Waals surface area contributed by atoms with E-state index in [4.69, 9.17) is 21.1 Å². The molecule has 0 fully saturated rings. The first-order valence-corrected chi connectivity index (χ1v) is 8.83. The molecular weight excluding hydrogens is 413 g/mol. The first-order chi connectivity index (χ1) is 10.8. The number of anilines is 1. The molecule has 1 N–H and O–H groups in total. The summed E-state index contributed by atoms with van der Waals surface area (Å²) in [5.41, 5.74) is -0.212. The second-order valence-electron chi connectivity index (χ2n) is 4.37. The summed E-state index contributed by atoms with van der Waals surface area (Å²) in [5.74, 6) is -0.193. The van der Waals surface area contributed by atoms with Crippen molar-refractivity contribution in [1.82, 2.24) is 0 Å². The third kappa shape index (κ3) is 3.88. The minimum absolute atomic E-state index is 0.121. The molecule has 0 aliphatic heterocycles. The van der Waals surface area contributed by atoms with Gasteiger partial charge in [-0.15, -0.1) is 0 Å². The number of nitrogens with one attached hydrogen (secondary N) is 1. The van der Waals surface area contributed by atoms with Gasteiger partial charge in [-0.1, -0.05) is 11.6 Å². The fourth-order valence-corrected chi connectivity index (χ4v) is 4.08. The number of rotatable bonds is 5. The van der Waals surface area contributed by atoms with E-state index in [9.17, 15) is 12.8 Å². The normalized spacial score (nSPS) is 11.2. The lowest BCUT2D eigenvalue weighted by atomic mass is 10.3. The smallest absolute Gasteiger partial charge is 0.263 e. The van der Waals surface area contributed by atoms with Crippen LogP contribution in [0.5, 0.6) is 11.5 Å². The maximum Gasteiger partial charge on any atom is 0.263 e. The van der Waals surface area contributed by atoms with Gasteiger partial charge in [0.25, 0.3) is 10.0 Å². The Kier molecular flexibility index (Phi) is 5.38. The molecule has 2 aromatic carbocycles. The lowest BCUT2D eigenvalue weighted by Crippen LogP contribution is -2.15. The number of hydrogen-bond acceptors (Lipinski definition) is 4. The Bertz CT molecular complexity index is 845. The Morgan fingerprint density at radius 3 is 2.30 bits per heavy atom. The molecule has 124 valence electrons. The van der Waals surface area contributed by atoms with Crippen LogP contribution >= 0.6 is 27.5 Å². The summed E-state index contributed by atoms with van der Waals surface area (Å²) in [6.07, 6.45) is 0. The molecule has 5 nitrogen and oxygen atoms in total. The number of methoxy groups -OCH3 is 2. The maximum atomic E-state index is 13.8. The minimum atomic E-state index is -4.05. The van der Waals surface area contributed by atoms with E-state index in [1.54, 1.807) is 0 Å². The fraction of sp³-hybridized carbons (Fsp3) is 0.143. The van der Waals surface area contributed by atoms with Gasteiger partial charge < -0.3 is 9.47 Å². The molecule has 0 aliphatic rings. The summed E-state index contributed by atoms with van der Waals surface area (Å²) in [6, 6.07) is 6.36. The van der Waals surface area contributed by atoms with Gasteiger partial charge in [0.05, 0.1) is 19.9 Å². The predicted octanol–water partition coefficient (Wildman–Crippen LogP) is 4.06. The summed E-state index contributed by atoms with van der Waals surface area (Å²) in [5, 5.41) is 0.165. The first kappa shape index (κ1) is 17.8. The predicted molar refractivity (Wildman–Crippen MR) is 89.5 cm³/mol. The van der Waals surface area contributed by atoms with E-state index in [1.807, 2.05) is 0 Å². The quantitative estimate of drug-likeness (QED) is 0.786. The molecule has 0 aromatic heterocycles. The second kappa shape index (κ2) is 6.94. The van der Waals surface area contributed by atoms with Gasteiger partial charge in [-0.2, -0.15) is 0 Å². The molecular formula is C14H12BrClFNO4S. The summed E-state index contributed by atoms with van der Waals surface area (Å²) in [4.78, 5) is -0.121. The van der Waals surface area contributed by atoms with E-state index in [2.05, 4.69) is 20.7 Å². The third-order valence-electron chi connectivity index (χ3n) is 2.90. The van der Waals surface area contributed by atoms with Gasteiger partial charge in [0.1, 0.15) is 10.7 Å². The molecule has 0 spiro atoms. The van der Waals surface area contributed by atoms with Crippen LogP contribution in [-0.4, -0.2) is 22.6 Å². The second-order valence-corrected chi connectivity index (χ2v) is 7.31. The minimum Gasteiger partial charge on any atom is -0.493 e. The molecule has 0 bridgehead atoms. The molecule has 0 amide bonds. The molecule has 0 radical (unpaired) electrons. The van der Waals surface area contributed by atoms with Crippen LogP contribution in [0.2, 0.25) is 5.02 Å². The van der Waals surface area contributed by atoms with E-state index in [0.29, 0.717) is 5.75 Å². The van der Waals surface area contributed by atoms with E-state index in [0.717, 1.165) is 6.07 Å². The van der Waals surface area contributed by atoms with Crippen molar-refractivity contribution in [2.45, 2.75) is 4.90 Å². The highest BCUT2D eigenvalue weighted by Gasteiger charge is 2.22. The van der Waals surface area contributed by atoms with Crippen LogP contribution in [0.1, 0.15) is 0 Å². The van der Waals surface area contributed by atoms with Crippen molar-refractivity contribution in [3.8, 4) is 11.5 Å². The summed E-state index contributed by atoms with van der Waals surface area (Å²) >= 11 is 8.81. The van der Waals surface area contributed by atoms with Gasteiger partial charge in [-0.25, -0.2) is 12.8 Å². The molecule has 0 atom stereocenters. The Morgan fingerprint density at radius 2 is 1.74 bits per heavy atom. The third-order valence-corrected chi connectivity index (χ3v) is 5.46. The lowest BCUT2D eigenvalue weighted by Gasteiger charge is -2.14. The van der Waals surface area contributed by atoms with Gasteiger partial charge in [-0.3, -0.25) is 4.72 Å². The fourth-order valence-electron chi connectivity index (χ4n) is 1.81. The number of sulfonamides is 1. The van der Waals surface area contributed by atoms with Crippen LogP contribution in [-0.2, 0) is 10.0 Å². The van der Waals surface area contributed by atoms with Crippen molar-refractivity contribution in [2.24, 2.45) is 0 Å². The number of ether oxygens (including phenoxy) is 2. The highest BCUT2D eigenvalue weighted by atomic mass is 79.9. The SMILES string of the molecule is COc1cc(Br)c(S(=O)(=O)Nc2ccc(Cl)cc2F)cc1OC. The molecule has 0 saturated heterocycles. The number of benzene rings is 2. The van der Waals surface area contributed by atoms with Crippen molar-refractivity contribution in [1.29, 1.82) is 0 Å². The Hall–Kier alpha value is -1.51. The maximum absolute atomic E-state index is 13.8. The van der Waals surface area contributed by atoms with Gasteiger partial charge in [0, 0.05) is 15.6 Å². The van der Waals surface area contributed by atoms with Gasteiger partial charge in [-0.05, 0) is 40.2 Å². The number of hydrogen-bond donors (Lipinski definition) is 1. The van der Waals surface area contributed by atoms with E-state index in [-0.39, 0.29) is 25.8 Å². The molecule has 0 saturated carbocycles. The highest BCUT2D eigenvalue weighted by Crippen LogP contribution is 2.36. The average Bonchev–Trinajstić information content (AvgIpc) is 2.49. The van der Waals surface area contributed by atoms with Gasteiger partial charge in [0.15, 0.2) is 11.5 Å². The summed E-state index contributed by atoms with van der Waals surface area (Å²) in [6.45, 7) is 0. The van der Waals surface area contributed by atoms with Crippen LogP contribution < -0.4 is 14.2 Å². The van der Waals surface area contributed by atoms with E-state index in [1.165, 1.54) is 38.5 Å². The van der Waals surface area contributed by atoms with Gasteiger partial charge >= 0.3 is 0 Å². The molecule has 0 aliphatic carbocycles. The van der Waals surface area contributed by atoms with E-state index >= 15 is 0 Å². The zero-order chi connectivity index (χ0) is 17.2. The van der Waals surface area contributed by atoms with E-state index < -0.39 is 15.8 Å².